The molecule has 0 aliphatic heterocycles. The first-order valence-corrected chi connectivity index (χ1v) is 23.5. The smallest absolute Gasteiger partial charge is 0.306 e. The Balaban J connectivity index is 4.02. The van der Waals surface area contributed by atoms with Crippen LogP contribution in [0.4, 0.5) is 0 Å². The van der Waals surface area contributed by atoms with Crippen molar-refractivity contribution < 1.29 is 28.6 Å². The second-order valence-corrected chi connectivity index (χ2v) is 16.0. The first-order valence-electron chi connectivity index (χ1n) is 23.5. The predicted octanol–water partition coefficient (Wildman–Crippen LogP) is 14.9. The van der Waals surface area contributed by atoms with Crippen LogP contribution >= 0.6 is 0 Å². The zero-order valence-electron chi connectivity index (χ0n) is 35.8. The van der Waals surface area contributed by atoms with Crippen molar-refractivity contribution in [1.82, 2.24) is 0 Å². The number of ether oxygens (including phenoxy) is 3. The van der Waals surface area contributed by atoms with E-state index in [-0.39, 0.29) is 31.1 Å². The molecule has 6 nitrogen and oxygen atoms in total. The van der Waals surface area contributed by atoms with Gasteiger partial charge < -0.3 is 14.2 Å². The fourth-order valence-electron chi connectivity index (χ4n) is 7.03. The molecule has 1 unspecified atom stereocenters. The predicted molar refractivity (Wildman–Crippen MR) is 224 cm³/mol. The third-order valence-corrected chi connectivity index (χ3v) is 10.6. The lowest BCUT2D eigenvalue weighted by Crippen LogP contribution is -2.30. The van der Waals surface area contributed by atoms with Crippen LogP contribution in [-0.4, -0.2) is 37.2 Å². The van der Waals surface area contributed by atoms with Crippen molar-refractivity contribution in [3.05, 3.63) is 0 Å². The number of esters is 3. The van der Waals surface area contributed by atoms with Crippen molar-refractivity contribution in [1.29, 1.82) is 0 Å². The van der Waals surface area contributed by atoms with E-state index in [9.17, 15) is 14.4 Å². The lowest BCUT2D eigenvalue weighted by atomic mass is 10.0. The summed E-state index contributed by atoms with van der Waals surface area (Å²) < 4.78 is 16.6. The van der Waals surface area contributed by atoms with Gasteiger partial charge in [-0.15, -0.1) is 0 Å². The Morgan fingerprint density at radius 1 is 0.302 bits per heavy atom. The summed E-state index contributed by atoms with van der Waals surface area (Å²) in [5.74, 6) is -0.866. The molecular weight excluding hydrogens is 661 g/mol. The average molecular weight is 751 g/mol. The molecule has 53 heavy (non-hydrogen) atoms. The number of rotatable bonds is 43. The fourth-order valence-corrected chi connectivity index (χ4v) is 7.03. The van der Waals surface area contributed by atoms with Crippen LogP contribution in [0.25, 0.3) is 0 Å². The van der Waals surface area contributed by atoms with Gasteiger partial charge in [-0.3, -0.25) is 14.4 Å². The van der Waals surface area contributed by atoms with Crippen molar-refractivity contribution in [3.63, 3.8) is 0 Å². The summed E-state index contributed by atoms with van der Waals surface area (Å²) in [5.41, 5.74) is 0. The van der Waals surface area contributed by atoms with Crippen molar-refractivity contribution in [3.8, 4) is 0 Å². The number of carbonyl (C=O) groups excluding carboxylic acids is 3. The van der Waals surface area contributed by atoms with Crippen LogP contribution in [0.5, 0.6) is 0 Å². The minimum absolute atomic E-state index is 0.0639. The third kappa shape index (κ3) is 41.4. The molecule has 0 aromatic heterocycles. The van der Waals surface area contributed by atoms with Crippen LogP contribution < -0.4 is 0 Å². The van der Waals surface area contributed by atoms with Gasteiger partial charge in [-0.05, 0) is 19.3 Å². The van der Waals surface area contributed by atoms with Crippen molar-refractivity contribution >= 4 is 17.9 Å². The Morgan fingerprint density at radius 3 is 0.755 bits per heavy atom. The van der Waals surface area contributed by atoms with Crippen LogP contribution in [0.15, 0.2) is 0 Å². The van der Waals surface area contributed by atoms with Gasteiger partial charge in [0, 0.05) is 19.3 Å². The third-order valence-electron chi connectivity index (χ3n) is 10.6. The normalized spacial score (nSPS) is 11.8. The molecule has 0 aliphatic rings. The Bertz CT molecular complexity index is 783. The minimum atomic E-state index is -0.756. The molecule has 0 spiro atoms. The molecular formula is C47H90O6. The van der Waals surface area contributed by atoms with E-state index in [1.165, 1.54) is 167 Å². The highest BCUT2D eigenvalue weighted by Crippen LogP contribution is 2.16. The summed E-state index contributed by atoms with van der Waals surface area (Å²) >= 11 is 0. The number of hydrogen-bond acceptors (Lipinski definition) is 6. The number of carbonyl (C=O) groups is 3. The van der Waals surface area contributed by atoms with E-state index in [4.69, 9.17) is 14.2 Å². The van der Waals surface area contributed by atoms with E-state index in [2.05, 4.69) is 20.8 Å². The quantitative estimate of drug-likeness (QED) is 0.0351. The first kappa shape index (κ1) is 51.4. The molecule has 0 aromatic carbocycles. The number of hydrogen-bond donors (Lipinski definition) is 0. The minimum Gasteiger partial charge on any atom is -0.462 e. The molecule has 0 saturated heterocycles. The zero-order chi connectivity index (χ0) is 38.7. The van der Waals surface area contributed by atoms with Gasteiger partial charge in [0.2, 0.25) is 0 Å². The SMILES string of the molecule is CCCCCCCCCCCCCCCCCCCCCCCC(=O)OCC(COC(=O)CCCCCCCC)OC(=O)CCCCCCCCCC. The molecule has 0 aliphatic carbocycles. The monoisotopic (exact) mass is 751 g/mol. The van der Waals surface area contributed by atoms with Crippen LogP contribution in [0.2, 0.25) is 0 Å². The standard InChI is InChI=1S/C47H90O6/c1-4-7-10-13-16-18-19-20-21-22-23-24-25-26-27-28-29-30-32-34-37-40-46(49)52-43-44(42-51-45(48)39-36-33-15-12-9-6-3)53-47(50)41-38-35-31-17-14-11-8-5-2/h44H,4-43H2,1-3H3. The van der Waals surface area contributed by atoms with Crippen LogP contribution in [0.1, 0.15) is 265 Å². The molecule has 314 valence electrons. The molecule has 0 bridgehead atoms. The van der Waals surface area contributed by atoms with Crippen LogP contribution in [0, 0.1) is 0 Å². The van der Waals surface area contributed by atoms with Gasteiger partial charge in [0.15, 0.2) is 6.10 Å². The van der Waals surface area contributed by atoms with Crippen LogP contribution in [-0.2, 0) is 28.6 Å². The van der Waals surface area contributed by atoms with Crippen molar-refractivity contribution in [2.24, 2.45) is 0 Å². The zero-order valence-corrected chi connectivity index (χ0v) is 35.8. The van der Waals surface area contributed by atoms with E-state index in [1.54, 1.807) is 0 Å². The maximum absolute atomic E-state index is 12.6. The molecule has 1 atom stereocenters. The lowest BCUT2D eigenvalue weighted by molar-refractivity contribution is -0.167. The first-order chi connectivity index (χ1) is 26.0. The van der Waals surface area contributed by atoms with Crippen LogP contribution in [0.3, 0.4) is 0 Å². The van der Waals surface area contributed by atoms with Gasteiger partial charge in [0.05, 0.1) is 0 Å². The summed E-state index contributed by atoms with van der Waals surface area (Å²) in [7, 11) is 0. The van der Waals surface area contributed by atoms with E-state index in [0.717, 1.165) is 57.8 Å². The molecule has 0 amide bonds. The molecule has 0 aromatic rings. The fraction of sp³-hybridized carbons (Fsp3) is 0.936. The van der Waals surface area contributed by atoms with E-state index < -0.39 is 6.10 Å². The topological polar surface area (TPSA) is 78.9 Å². The van der Waals surface area contributed by atoms with Gasteiger partial charge in [0.1, 0.15) is 13.2 Å². The molecule has 0 N–H and O–H groups in total. The second kappa shape index (κ2) is 43.1. The van der Waals surface area contributed by atoms with E-state index in [1.807, 2.05) is 0 Å². The average Bonchev–Trinajstić information content (AvgIpc) is 3.15. The summed E-state index contributed by atoms with van der Waals surface area (Å²) in [6, 6.07) is 0. The molecule has 0 saturated carbocycles. The number of unbranched alkanes of at least 4 members (excludes halogenated alkanes) is 32. The Morgan fingerprint density at radius 2 is 0.509 bits per heavy atom. The lowest BCUT2D eigenvalue weighted by Gasteiger charge is -2.18. The molecule has 0 heterocycles. The van der Waals surface area contributed by atoms with E-state index >= 15 is 0 Å². The maximum atomic E-state index is 12.6. The molecule has 0 radical (unpaired) electrons. The summed E-state index contributed by atoms with van der Waals surface area (Å²) in [6.07, 6.45) is 44.1. The Labute approximate surface area is 329 Å². The Hall–Kier alpha value is -1.59. The Kier molecular flexibility index (Phi) is 41.8. The second-order valence-electron chi connectivity index (χ2n) is 16.0. The highest BCUT2D eigenvalue weighted by molar-refractivity contribution is 5.71. The van der Waals surface area contributed by atoms with Gasteiger partial charge in [-0.1, -0.05) is 226 Å². The molecule has 0 rings (SSSR count). The highest BCUT2D eigenvalue weighted by atomic mass is 16.6. The maximum Gasteiger partial charge on any atom is 0.306 e. The van der Waals surface area contributed by atoms with E-state index in [0.29, 0.717) is 19.3 Å². The summed E-state index contributed by atoms with van der Waals surface area (Å²) in [5, 5.41) is 0. The van der Waals surface area contributed by atoms with Gasteiger partial charge in [-0.25, -0.2) is 0 Å². The highest BCUT2D eigenvalue weighted by Gasteiger charge is 2.19. The van der Waals surface area contributed by atoms with Crippen molar-refractivity contribution in [2.45, 2.75) is 271 Å². The summed E-state index contributed by atoms with van der Waals surface area (Å²) in [6.45, 7) is 6.57. The molecule has 0 fully saturated rings. The summed E-state index contributed by atoms with van der Waals surface area (Å²) in [4.78, 5) is 37.4. The van der Waals surface area contributed by atoms with Gasteiger partial charge >= 0.3 is 17.9 Å². The largest absolute Gasteiger partial charge is 0.462 e. The van der Waals surface area contributed by atoms with Gasteiger partial charge in [0.25, 0.3) is 0 Å². The molecule has 6 heteroatoms. The van der Waals surface area contributed by atoms with Gasteiger partial charge in [-0.2, -0.15) is 0 Å². The van der Waals surface area contributed by atoms with Crippen molar-refractivity contribution in [2.75, 3.05) is 13.2 Å².